The van der Waals surface area contributed by atoms with Crippen LogP contribution < -0.4 is 5.32 Å². The van der Waals surface area contributed by atoms with Gasteiger partial charge in [-0.3, -0.25) is 0 Å². The van der Waals surface area contributed by atoms with Crippen molar-refractivity contribution in [3.05, 3.63) is 23.8 Å². The molecule has 0 bridgehead atoms. The van der Waals surface area contributed by atoms with Crippen molar-refractivity contribution in [2.75, 3.05) is 13.2 Å². The second kappa shape index (κ2) is 6.61. The summed E-state index contributed by atoms with van der Waals surface area (Å²) in [5, 5.41) is 22.3. The fourth-order valence-corrected chi connectivity index (χ4v) is 2.24. The van der Waals surface area contributed by atoms with E-state index >= 15 is 0 Å². The Labute approximate surface area is 108 Å². The predicted octanol–water partition coefficient (Wildman–Crippen LogP) is 2.15. The molecule has 1 aliphatic heterocycles. The van der Waals surface area contributed by atoms with Crippen molar-refractivity contribution in [3.63, 3.8) is 0 Å². The van der Waals surface area contributed by atoms with Crippen LogP contribution in [0.1, 0.15) is 31.2 Å². The van der Waals surface area contributed by atoms with Crippen molar-refractivity contribution < 1.29 is 14.9 Å². The van der Waals surface area contributed by atoms with Crippen molar-refractivity contribution in [2.45, 2.75) is 38.3 Å². The third-order valence-corrected chi connectivity index (χ3v) is 3.33. The average Bonchev–Trinajstić information content (AvgIpc) is 2.40. The van der Waals surface area contributed by atoms with Crippen LogP contribution in [-0.4, -0.2) is 29.5 Å². The number of benzene rings is 1. The van der Waals surface area contributed by atoms with Gasteiger partial charge in [0, 0.05) is 18.7 Å². The van der Waals surface area contributed by atoms with Gasteiger partial charge in [-0.2, -0.15) is 0 Å². The molecular formula is C14H21NO3. The second-order valence-corrected chi connectivity index (χ2v) is 4.74. The first kappa shape index (κ1) is 13.2. The van der Waals surface area contributed by atoms with Crippen LogP contribution in [0.15, 0.2) is 18.2 Å². The van der Waals surface area contributed by atoms with E-state index in [1.165, 1.54) is 18.9 Å². The molecule has 100 valence electrons. The molecule has 3 N–H and O–H groups in total. The van der Waals surface area contributed by atoms with E-state index in [1.807, 2.05) is 0 Å². The number of nitrogens with one attached hydrogen (secondary N) is 1. The molecule has 1 saturated heterocycles. The molecule has 0 aliphatic carbocycles. The number of aromatic hydroxyl groups is 2. The Morgan fingerprint density at radius 2 is 2.17 bits per heavy atom. The Bertz CT molecular complexity index is 375. The third-order valence-electron chi connectivity index (χ3n) is 3.33. The molecule has 0 aromatic heterocycles. The molecule has 0 saturated carbocycles. The van der Waals surface area contributed by atoms with Gasteiger partial charge in [-0.15, -0.1) is 0 Å². The SMILES string of the molecule is Oc1cccc(CNCCC2CCCCO2)c1O. The van der Waals surface area contributed by atoms with E-state index in [1.54, 1.807) is 12.1 Å². The summed E-state index contributed by atoms with van der Waals surface area (Å²) in [5.74, 6) is -0.0937. The van der Waals surface area contributed by atoms with Gasteiger partial charge in [0.1, 0.15) is 0 Å². The van der Waals surface area contributed by atoms with Gasteiger partial charge in [0.2, 0.25) is 0 Å². The van der Waals surface area contributed by atoms with Crippen LogP contribution in [0, 0.1) is 0 Å². The fourth-order valence-electron chi connectivity index (χ4n) is 2.24. The van der Waals surface area contributed by atoms with E-state index in [-0.39, 0.29) is 11.5 Å². The van der Waals surface area contributed by atoms with Gasteiger partial charge in [-0.25, -0.2) is 0 Å². The van der Waals surface area contributed by atoms with Gasteiger partial charge >= 0.3 is 0 Å². The Morgan fingerprint density at radius 3 is 2.94 bits per heavy atom. The first-order valence-electron chi connectivity index (χ1n) is 6.59. The molecule has 0 amide bonds. The molecular weight excluding hydrogens is 230 g/mol. The lowest BCUT2D eigenvalue weighted by Crippen LogP contribution is -2.25. The number of hydrogen-bond donors (Lipinski definition) is 3. The highest BCUT2D eigenvalue weighted by Gasteiger charge is 2.13. The summed E-state index contributed by atoms with van der Waals surface area (Å²) in [5.41, 5.74) is 0.722. The van der Waals surface area contributed by atoms with Crippen molar-refractivity contribution in [2.24, 2.45) is 0 Å². The third kappa shape index (κ3) is 3.62. The van der Waals surface area contributed by atoms with Gasteiger partial charge in [-0.05, 0) is 38.3 Å². The van der Waals surface area contributed by atoms with Crippen LogP contribution in [0.4, 0.5) is 0 Å². The van der Waals surface area contributed by atoms with Crippen molar-refractivity contribution >= 4 is 0 Å². The minimum atomic E-state index is -0.0649. The molecule has 1 aromatic carbocycles. The normalized spacial score (nSPS) is 19.9. The van der Waals surface area contributed by atoms with Gasteiger partial charge in [-0.1, -0.05) is 12.1 Å². The topological polar surface area (TPSA) is 61.7 Å². The van der Waals surface area contributed by atoms with Crippen LogP contribution in [0.25, 0.3) is 0 Å². The maximum atomic E-state index is 9.63. The zero-order chi connectivity index (χ0) is 12.8. The van der Waals surface area contributed by atoms with Gasteiger partial charge in [0.15, 0.2) is 11.5 Å². The summed E-state index contributed by atoms with van der Waals surface area (Å²) >= 11 is 0. The summed E-state index contributed by atoms with van der Waals surface area (Å²) in [4.78, 5) is 0. The van der Waals surface area contributed by atoms with E-state index in [2.05, 4.69) is 5.32 Å². The molecule has 18 heavy (non-hydrogen) atoms. The lowest BCUT2D eigenvalue weighted by Gasteiger charge is -2.22. The lowest BCUT2D eigenvalue weighted by atomic mass is 10.1. The smallest absolute Gasteiger partial charge is 0.161 e. The maximum Gasteiger partial charge on any atom is 0.161 e. The second-order valence-electron chi connectivity index (χ2n) is 4.74. The summed E-state index contributed by atoms with van der Waals surface area (Å²) < 4.78 is 5.64. The summed E-state index contributed by atoms with van der Waals surface area (Å²) in [6.45, 7) is 2.31. The van der Waals surface area contributed by atoms with E-state index in [4.69, 9.17) is 4.74 Å². The van der Waals surface area contributed by atoms with E-state index in [0.717, 1.165) is 31.6 Å². The Kier molecular flexibility index (Phi) is 4.84. The average molecular weight is 251 g/mol. The van der Waals surface area contributed by atoms with Crippen molar-refractivity contribution in [1.82, 2.24) is 5.32 Å². The lowest BCUT2D eigenvalue weighted by molar-refractivity contribution is 0.0115. The van der Waals surface area contributed by atoms with Gasteiger partial charge in [0.05, 0.1) is 6.10 Å². The molecule has 0 radical (unpaired) electrons. The van der Waals surface area contributed by atoms with Crippen LogP contribution in [-0.2, 0) is 11.3 Å². The van der Waals surface area contributed by atoms with E-state index in [0.29, 0.717) is 12.6 Å². The first-order chi connectivity index (χ1) is 8.77. The molecule has 2 rings (SSSR count). The monoisotopic (exact) mass is 251 g/mol. The highest BCUT2D eigenvalue weighted by Crippen LogP contribution is 2.27. The van der Waals surface area contributed by atoms with Crippen LogP contribution >= 0.6 is 0 Å². The number of hydrogen-bond acceptors (Lipinski definition) is 4. The molecule has 1 aromatic rings. The number of ether oxygens (including phenoxy) is 1. The summed E-state index contributed by atoms with van der Waals surface area (Å²) in [7, 11) is 0. The molecule has 1 heterocycles. The molecule has 1 fully saturated rings. The largest absolute Gasteiger partial charge is 0.504 e. The summed E-state index contributed by atoms with van der Waals surface area (Å²) in [6, 6.07) is 5.02. The molecule has 1 unspecified atom stereocenters. The summed E-state index contributed by atoms with van der Waals surface area (Å²) in [6.07, 6.45) is 4.97. The molecule has 0 spiro atoms. The standard InChI is InChI=1S/C14H21NO3/c16-13-6-3-4-11(14(13)17)10-15-8-7-12-5-1-2-9-18-12/h3-4,6,12,15-17H,1-2,5,7-10H2. The van der Waals surface area contributed by atoms with Crippen LogP contribution in [0.3, 0.4) is 0 Å². The Morgan fingerprint density at radius 1 is 1.28 bits per heavy atom. The van der Waals surface area contributed by atoms with Crippen LogP contribution in [0.2, 0.25) is 0 Å². The predicted molar refractivity (Wildman–Crippen MR) is 69.7 cm³/mol. The van der Waals surface area contributed by atoms with E-state index in [9.17, 15) is 10.2 Å². The Balaban J connectivity index is 1.70. The quantitative estimate of drug-likeness (QED) is 0.554. The molecule has 4 heteroatoms. The number of para-hydroxylation sites is 1. The highest BCUT2D eigenvalue weighted by atomic mass is 16.5. The van der Waals surface area contributed by atoms with Gasteiger partial charge < -0.3 is 20.3 Å². The first-order valence-corrected chi connectivity index (χ1v) is 6.59. The Hall–Kier alpha value is -1.26. The minimum absolute atomic E-state index is 0.0288. The zero-order valence-corrected chi connectivity index (χ0v) is 10.6. The number of phenols is 2. The minimum Gasteiger partial charge on any atom is -0.504 e. The fraction of sp³-hybridized carbons (Fsp3) is 0.571. The van der Waals surface area contributed by atoms with E-state index < -0.39 is 0 Å². The maximum absolute atomic E-state index is 9.63. The van der Waals surface area contributed by atoms with Crippen molar-refractivity contribution in [1.29, 1.82) is 0 Å². The van der Waals surface area contributed by atoms with Crippen LogP contribution in [0.5, 0.6) is 11.5 Å². The molecule has 4 nitrogen and oxygen atoms in total. The molecule has 1 atom stereocenters. The van der Waals surface area contributed by atoms with Gasteiger partial charge in [0.25, 0.3) is 0 Å². The highest BCUT2D eigenvalue weighted by molar-refractivity contribution is 5.44. The zero-order valence-electron chi connectivity index (χ0n) is 10.6. The van der Waals surface area contributed by atoms with Crippen molar-refractivity contribution in [3.8, 4) is 11.5 Å². The molecule has 1 aliphatic rings. The number of phenolic OH excluding ortho intramolecular Hbond substituents is 2. The number of rotatable bonds is 5.